The second-order valence-corrected chi connectivity index (χ2v) is 4.84. The van der Waals surface area contributed by atoms with Crippen molar-refractivity contribution in [1.29, 1.82) is 0 Å². The van der Waals surface area contributed by atoms with E-state index in [9.17, 15) is 18.9 Å². The Morgan fingerprint density at radius 1 is 1.21 bits per heavy atom. The van der Waals surface area contributed by atoms with Gasteiger partial charge in [0, 0.05) is 24.6 Å². The number of benzene rings is 1. The first kappa shape index (κ1) is 15.7. The van der Waals surface area contributed by atoms with Gasteiger partial charge in [-0.05, 0) is 0 Å². The van der Waals surface area contributed by atoms with Gasteiger partial charge >= 0.3 is 0 Å². The molecule has 0 atom stereocenters. The van der Waals surface area contributed by atoms with Crippen molar-refractivity contribution < 1.29 is 13.7 Å². The van der Waals surface area contributed by atoms with Crippen LogP contribution in [-0.2, 0) is 0 Å². The van der Waals surface area contributed by atoms with E-state index in [1.807, 2.05) is 13.8 Å². The van der Waals surface area contributed by atoms with Gasteiger partial charge in [-0.1, -0.05) is 13.8 Å². The van der Waals surface area contributed by atoms with Crippen LogP contribution in [0.5, 0.6) is 0 Å². The minimum atomic E-state index is -0.872. The van der Waals surface area contributed by atoms with Crippen LogP contribution in [-0.4, -0.2) is 29.5 Å². The Morgan fingerprint density at radius 3 is 2.11 bits per heavy atom. The van der Waals surface area contributed by atoms with E-state index >= 15 is 0 Å². The zero-order chi connectivity index (χ0) is 14.4. The van der Waals surface area contributed by atoms with Crippen LogP contribution < -0.4 is 4.90 Å². The molecule has 0 saturated carbocycles. The van der Waals surface area contributed by atoms with Gasteiger partial charge in [0.1, 0.15) is 5.69 Å². The van der Waals surface area contributed by atoms with Gasteiger partial charge in [0.2, 0.25) is 0 Å². The van der Waals surface area contributed by atoms with Crippen LogP contribution in [0.4, 0.5) is 20.2 Å². The average Bonchev–Trinajstić information content (AvgIpc) is 2.41. The van der Waals surface area contributed by atoms with Crippen LogP contribution in [0.1, 0.15) is 13.8 Å². The first-order chi connectivity index (χ1) is 9.09. The van der Waals surface area contributed by atoms with Crippen molar-refractivity contribution in [3.8, 4) is 0 Å². The standard InChI is InChI=1S/C10H10F2N2O2S.C2H6/c11-8-5-7(14(15)16)6-9(12)10(8)13-1-3-17-4-2-13;1-2/h5-6H,1-4H2;1-2H3. The van der Waals surface area contributed by atoms with Gasteiger partial charge in [-0.15, -0.1) is 0 Å². The van der Waals surface area contributed by atoms with Crippen molar-refractivity contribution in [2.45, 2.75) is 13.8 Å². The van der Waals surface area contributed by atoms with E-state index in [-0.39, 0.29) is 5.69 Å². The van der Waals surface area contributed by atoms with Gasteiger partial charge in [-0.25, -0.2) is 8.78 Å². The molecule has 0 aromatic heterocycles. The highest BCUT2D eigenvalue weighted by atomic mass is 32.2. The van der Waals surface area contributed by atoms with Crippen molar-refractivity contribution in [3.05, 3.63) is 33.9 Å². The fourth-order valence-corrected chi connectivity index (χ4v) is 2.65. The Balaban J connectivity index is 0.000000861. The Morgan fingerprint density at radius 2 is 1.68 bits per heavy atom. The Bertz CT molecular complexity index is 428. The molecule has 1 saturated heterocycles. The average molecular weight is 290 g/mol. The third-order valence-electron chi connectivity index (χ3n) is 2.54. The summed E-state index contributed by atoms with van der Waals surface area (Å²) >= 11 is 1.72. The highest BCUT2D eigenvalue weighted by molar-refractivity contribution is 7.99. The van der Waals surface area contributed by atoms with Crippen molar-refractivity contribution in [3.63, 3.8) is 0 Å². The second-order valence-electron chi connectivity index (χ2n) is 3.61. The Labute approximate surface area is 114 Å². The molecule has 4 nitrogen and oxygen atoms in total. The second kappa shape index (κ2) is 7.28. The van der Waals surface area contributed by atoms with Crippen LogP contribution in [0.25, 0.3) is 0 Å². The maximum Gasteiger partial charge on any atom is 0.275 e. The zero-order valence-electron chi connectivity index (χ0n) is 10.9. The molecule has 0 N–H and O–H groups in total. The molecule has 7 heteroatoms. The molecule has 1 aromatic carbocycles. The van der Waals surface area contributed by atoms with E-state index in [1.165, 1.54) is 0 Å². The van der Waals surface area contributed by atoms with Gasteiger partial charge in [-0.2, -0.15) is 11.8 Å². The van der Waals surface area contributed by atoms with E-state index in [1.54, 1.807) is 16.7 Å². The molecule has 1 aliphatic heterocycles. The van der Waals surface area contributed by atoms with Gasteiger partial charge < -0.3 is 4.90 Å². The summed E-state index contributed by atoms with van der Waals surface area (Å²) in [5.74, 6) is -0.140. The Hall–Kier alpha value is -1.37. The maximum absolute atomic E-state index is 13.7. The topological polar surface area (TPSA) is 46.4 Å². The van der Waals surface area contributed by atoms with Crippen LogP contribution in [0.3, 0.4) is 0 Å². The van der Waals surface area contributed by atoms with Gasteiger partial charge in [0.25, 0.3) is 5.69 Å². The summed E-state index contributed by atoms with van der Waals surface area (Å²) in [6.45, 7) is 5.10. The molecule has 0 radical (unpaired) electrons. The van der Waals surface area contributed by atoms with Gasteiger partial charge in [0.15, 0.2) is 11.6 Å². The maximum atomic E-state index is 13.7. The monoisotopic (exact) mass is 290 g/mol. The number of non-ortho nitro benzene ring substituents is 1. The molecular formula is C12H16F2N2O2S. The fraction of sp³-hybridized carbons (Fsp3) is 0.500. The summed E-state index contributed by atoms with van der Waals surface area (Å²) in [4.78, 5) is 11.2. The largest absolute Gasteiger partial charge is 0.365 e. The number of halogens is 2. The number of anilines is 1. The van der Waals surface area contributed by atoms with Gasteiger partial charge in [0.05, 0.1) is 17.1 Å². The molecule has 0 unspecified atom stereocenters. The molecule has 0 amide bonds. The van der Waals surface area contributed by atoms with Gasteiger partial charge in [-0.3, -0.25) is 10.1 Å². The lowest BCUT2D eigenvalue weighted by Gasteiger charge is -2.28. The molecule has 0 bridgehead atoms. The lowest BCUT2D eigenvalue weighted by atomic mass is 10.2. The van der Waals surface area contributed by atoms with E-state index in [2.05, 4.69) is 0 Å². The van der Waals surface area contributed by atoms with E-state index in [0.717, 1.165) is 23.6 Å². The van der Waals surface area contributed by atoms with Crippen LogP contribution in [0.2, 0.25) is 0 Å². The normalized spacial score (nSPS) is 14.6. The summed E-state index contributed by atoms with van der Waals surface area (Å²) in [5.41, 5.74) is -0.717. The first-order valence-corrected chi connectivity index (χ1v) is 7.21. The lowest BCUT2D eigenvalue weighted by Crippen LogP contribution is -2.33. The highest BCUT2D eigenvalue weighted by Gasteiger charge is 2.22. The summed E-state index contributed by atoms with van der Waals surface area (Å²) in [7, 11) is 0. The molecule has 2 rings (SSSR count). The van der Waals surface area contributed by atoms with Crippen LogP contribution in [0.15, 0.2) is 12.1 Å². The number of nitro benzene ring substituents is 1. The third-order valence-corrected chi connectivity index (χ3v) is 3.48. The fourth-order valence-electron chi connectivity index (χ4n) is 1.75. The third kappa shape index (κ3) is 3.79. The van der Waals surface area contributed by atoms with Crippen molar-refractivity contribution >= 4 is 23.1 Å². The smallest absolute Gasteiger partial charge is 0.275 e. The summed E-state index contributed by atoms with van der Waals surface area (Å²) in [6.07, 6.45) is 0. The number of nitrogens with zero attached hydrogens (tertiary/aromatic N) is 2. The molecule has 19 heavy (non-hydrogen) atoms. The lowest BCUT2D eigenvalue weighted by molar-refractivity contribution is -0.385. The van der Waals surface area contributed by atoms with Crippen molar-refractivity contribution in [2.24, 2.45) is 0 Å². The van der Waals surface area contributed by atoms with Crippen LogP contribution >= 0.6 is 11.8 Å². The van der Waals surface area contributed by atoms with Crippen molar-refractivity contribution in [2.75, 3.05) is 29.5 Å². The predicted molar refractivity (Wildman–Crippen MR) is 73.9 cm³/mol. The molecule has 1 aromatic rings. The van der Waals surface area contributed by atoms with Crippen LogP contribution in [0, 0.1) is 21.7 Å². The number of hydrogen-bond donors (Lipinski definition) is 0. The van der Waals surface area contributed by atoms with E-state index < -0.39 is 22.2 Å². The zero-order valence-corrected chi connectivity index (χ0v) is 11.7. The molecule has 0 spiro atoms. The number of thioether (sulfide) groups is 1. The van der Waals surface area contributed by atoms with E-state index in [4.69, 9.17) is 0 Å². The quantitative estimate of drug-likeness (QED) is 0.618. The number of hydrogen-bond acceptors (Lipinski definition) is 4. The predicted octanol–water partition coefficient (Wildman–Crippen LogP) is 3.45. The minimum Gasteiger partial charge on any atom is -0.365 e. The van der Waals surface area contributed by atoms with Crippen molar-refractivity contribution in [1.82, 2.24) is 0 Å². The van der Waals surface area contributed by atoms with E-state index in [0.29, 0.717) is 13.1 Å². The highest BCUT2D eigenvalue weighted by Crippen LogP contribution is 2.29. The first-order valence-electron chi connectivity index (χ1n) is 6.05. The number of nitro groups is 1. The molecule has 1 aliphatic rings. The molecule has 106 valence electrons. The molecule has 1 heterocycles. The molecule has 0 aliphatic carbocycles. The SMILES string of the molecule is CC.O=[N+]([O-])c1cc(F)c(N2CCSCC2)c(F)c1. The summed E-state index contributed by atoms with van der Waals surface area (Å²) < 4.78 is 27.3. The summed E-state index contributed by atoms with van der Waals surface area (Å²) in [5, 5.41) is 10.4. The Kier molecular flexibility index (Phi) is 6.01. The summed E-state index contributed by atoms with van der Waals surface area (Å²) in [6, 6.07) is 1.53. The molecule has 1 fully saturated rings. The minimum absolute atomic E-state index is 0.157. The molecular weight excluding hydrogens is 274 g/mol. The number of rotatable bonds is 2.